The van der Waals surface area contributed by atoms with Crippen LogP contribution >= 0.6 is 0 Å². The van der Waals surface area contributed by atoms with E-state index in [4.69, 9.17) is 9.47 Å². The maximum absolute atomic E-state index is 9.47. The second-order valence-electron chi connectivity index (χ2n) is 3.86. The lowest BCUT2D eigenvalue weighted by atomic mass is 10.1. The molecule has 0 bridgehead atoms. The van der Waals surface area contributed by atoms with Gasteiger partial charge in [0.2, 0.25) is 0 Å². The van der Waals surface area contributed by atoms with Crippen LogP contribution in [0.4, 0.5) is 0 Å². The van der Waals surface area contributed by atoms with Crippen LogP contribution in [0.15, 0.2) is 0 Å². The number of aliphatic hydroxyl groups excluding tert-OH is 2. The molecule has 2 heterocycles. The Bertz CT molecular complexity index is 201. The Hall–Kier alpha value is -0.200. The summed E-state index contributed by atoms with van der Waals surface area (Å²) in [6.45, 7) is 2.72. The van der Waals surface area contributed by atoms with Crippen molar-refractivity contribution >= 4 is 0 Å². The van der Waals surface area contributed by atoms with Crippen molar-refractivity contribution < 1.29 is 19.7 Å². The van der Waals surface area contributed by atoms with Crippen LogP contribution in [0.2, 0.25) is 0 Å². The summed E-state index contributed by atoms with van der Waals surface area (Å²) < 4.78 is 10.8. The van der Waals surface area contributed by atoms with Crippen molar-refractivity contribution in [1.29, 1.82) is 0 Å². The zero-order chi connectivity index (χ0) is 10.1. The lowest BCUT2D eigenvalue weighted by Gasteiger charge is -2.20. The predicted molar refractivity (Wildman–Crippen MR) is 48.7 cm³/mol. The molecule has 0 radical (unpaired) electrons. The van der Waals surface area contributed by atoms with E-state index in [0.29, 0.717) is 19.6 Å². The summed E-state index contributed by atoms with van der Waals surface area (Å²) in [4.78, 5) is 0. The highest BCUT2D eigenvalue weighted by Crippen LogP contribution is 2.27. The summed E-state index contributed by atoms with van der Waals surface area (Å²) in [5.74, 6) is 0. The van der Waals surface area contributed by atoms with Gasteiger partial charge in [0.15, 0.2) is 0 Å². The molecule has 2 rings (SSSR count). The molecule has 0 aromatic heterocycles. The predicted octanol–water partition coefficient (Wildman–Crippen LogP) is -1.17. The van der Waals surface area contributed by atoms with Crippen molar-refractivity contribution in [3.8, 4) is 0 Å². The fourth-order valence-corrected chi connectivity index (χ4v) is 1.99. The second-order valence-corrected chi connectivity index (χ2v) is 3.86. The maximum atomic E-state index is 9.47. The number of ether oxygens (including phenoxy) is 2. The van der Waals surface area contributed by atoms with E-state index in [1.54, 1.807) is 0 Å². The minimum atomic E-state index is -0.524. The fourth-order valence-electron chi connectivity index (χ4n) is 1.99. The van der Waals surface area contributed by atoms with E-state index in [1.807, 2.05) is 6.92 Å². The van der Waals surface area contributed by atoms with Gasteiger partial charge >= 0.3 is 0 Å². The van der Waals surface area contributed by atoms with Gasteiger partial charge in [0.1, 0.15) is 24.5 Å². The van der Waals surface area contributed by atoms with Crippen LogP contribution in [0.3, 0.4) is 0 Å². The van der Waals surface area contributed by atoms with Crippen LogP contribution in [0.25, 0.3) is 0 Å². The van der Waals surface area contributed by atoms with E-state index in [0.717, 1.165) is 0 Å². The quantitative estimate of drug-likeness (QED) is 0.504. The van der Waals surface area contributed by atoms with E-state index in [9.17, 15) is 10.2 Å². The number of nitrogens with one attached hydrogen (secondary N) is 1. The first-order chi connectivity index (χ1) is 6.72. The molecule has 0 saturated carbocycles. The van der Waals surface area contributed by atoms with Gasteiger partial charge in [-0.2, -0.15) is 0 Å². The Morgan fingerprint density at radius 2 is 2.07 bits per heavy atom. The van der Waals surface area contributed by atoms with Crippen molar-refractivity contribution in [3.05, 3.63) is 0 Å². The van der Waals surface area contributed by atoms with Crippen LogP contribution in [0, 0.1) is 0 Å². The minimum Gasteiger partial charge on any atom is -0.388 e. The highest BCUT2D eigenvalue weighted by Gasteiger charge is 2.47. The summed E-state index contributed by atoms with van der Waals surface area (Å²) in [5, 5.41) is 21.9. The Kier molecular flexibility index (Phi) is 3.04. The van der Waals surface area contributed by atoms with E-state index in [2.05, 4.69) is 5.32 Å². The summed E-state index contributed by atoms with van der Waals surface area (Å²) >= 11 is 0. The fraction of sp³-hybridized carbons (Fsp3) is 1.00. The van der Waals surface area contributed by atoms with Crippen LogP contribution in [0.5, 0.6) is 0 Å². The Balaban J connectivity index is 1.90. The molecule has 0 aromatic carbocycles. The Morgan fingerprint density at radius 1 is 1.36 bits per heavy atom. The average Bonchev–Trinajstić information content (AvgIpc) is 2.72. The molecule has 82 valence electrons. The molecule has 2 fully saturated rings. The first-order valence-electron chi connectivity index (χ1n) is 5.07. The molecule has 5 unspecified atom stereocenters. The number of aliphatic hydroxyl groups is 2. The van der Waals surface area contributed by atoms with Crippen molar-refractivity contribution in [2.24, 2.45) is 0 Å². The number of rotatable bonds is 3. The molecule has 2 saturated heterocycles. The van der Waals surface area contributed by atoms with Crippen molar-refractivity contribution in [2.45, 2.75) is 43.9 Å². The molecule has 0 aromatic rings. The van der Waals surface area contributed by atoms with E-state index in [-0.39, 0.29) is 18.2 Å². The molecular formula is C9H17NO4. The lowest BCUT2D eigenvalue weighted by Crippen LogP contribution is -2.46. The molecule has 0 aliphatic carbocycles. The van der Waals surface area contributed by atoms with Gasteiger partial charge in [0.05, 0.1) is 19.3 Å². The zero-order valence-corrected chi connectivity index (χ0v) is 8.22. The molecule has 14 heavy (non-hydrogen) atoms. The van der Waals surface area contributed by atoms with E-state index >= 15 is 0 Å². The lowest BCUT2D eigenvalue weighted by molar-refractivity contribution is 0.0160. The Labute approximate surface area is 83.0 Å². The average molecular weight is 203 g/mol. The third-order valence-electron chi connectivity index (χ3n) is 2.82. The van der Waals surface area contributed by atoms with Crippen molar-refractivity contribution in [3.63, 3.8) is 0 Å². The SMILES string of the molecule is CCC(O)NC1COC2C(O)COC12. The van der Waals surface area contributed by atoms with Gasteiger partial charge in [-0.3, -0.25) is 5.32 Å². The third kappa shape index (κ3) is 1.78. The topological polar surface area (TPSA) is 71.0 Å². The van der Waals surface area contributed by atoms with Crippen LogP contribution in [-0.4, -0.2) is 54.0 Å². The van der Waals surface area contributed by atoms with Crippen molar-refractivity contribution in [1.82, 2.24) is 5.32 Å². The van der Waals surface area contributed by atoms with Gasteiger partial charge in [-0.15, -0.1) is 0 Å². The maximum Gasteiger partial charge on any atom is 0.113 e. The second kappa shape index (κ2) is 4.12. The largest absolute Gasteiger partial charge is 0.388 e. The van der Waals surface area contributed by atoms with Gasteiger partial charge in [-0.25, -0.2) is 0 Å². The first kappa shape index (κ1) is 10.3. The van der Waals surface area contributed by atoms with Gasteiger partial charge in [-0.05, 0) is 6.42 Å². The highest BCUT2D eigenvalue weighted by atomic mass is 16.6. The third-order valence-corrected chi connectivity index (χ3v) is 2.82. The number of hydrogen-bond acceptors (Lipinski definition) is 5. The smallest absolute Gasteiger partial charge is 0.113 e. The van der Waals surface area contributed by atoms with E-state index < -0.39 is 12.3 Å². The van der Waals surface area contributed by atoms with Gasteiger partial charge in [-0.1, -0.05) is 6.92 Å². The standard InChI is InChI=1S/C9H17NO4/c1-2-7(12)10-5-3-13-9-6(11)4-14-8(5)9/h5-12H,2-4H2,1H3. The molecule has 3 N–H and O–H groups in total. The van der Waals surface area contributed by atoms with Gasteiger partial charge < -0.3 is 19.7 Å². The summed E-state index contributed by atoms with van der Waals surface area (Å²) in [7, 11) is 0. The first-order valence-corrected chi connectivity index (χ1v) is 5.07. The van der Waals surface area contributed by atoms with Crippen LogP contribution < -0.4 is 5.32 Å². The minimum absolute atomic E-state index is 0.00731. The number of fused-ring (bicyclic) bond motifs is 1. The van der Waals surface area contributed by atoms with Gasteiger partial charge in [0.25, 0.3) is 0 Å². The Morgan fingerprint density at radius 3 is 2.79 bits per heavy atom. The normalized spacial score (nSPS) is 43.9. The molecule has 2 aliphatic heterocycles. The van der Waals surface area contributed by atoms with Gasteiger partial charge in [0, 0.05) is 0 Å². The zero-order valence-electron chi connectivity index (χ0n) is 8.22. The number of hydrogen-bond donors (Lipinski definition) is 3. The molecule has 5 nitrogen and oxygen atoms in total. The molecule has 0 amide bonds. The van der Waals surface area contributed by atoms with Crippen LogP contribution in [0.1, 0.15) is 13.3 Å². The van der Waals surface area contributed by atoms with E-state index in [1.165, 1.54) is 0 Å². The summed E-state index contributed by atoms with van der Waals surface area (Å²) in [5.41, 5.74) is 0. The molecule has 0 spiro atoms. The molecule has 2 aliphatic rings. The summed E-state index contributed by atoms with van der Waals surface area (Å²) in [6, 6.07) is -0.00731. The molecule has 5 atom stereocenters. The molecule has 5 heteroatoms. The highest BCUT2D eigenvalue weighted by molar-refractivity contribution is 4.97. The van der Waals surface area contributed by atoms with Crippen molar-refractivity contribution in [2.75, 3.05) is 13.2 Å². The summed E-state index contributed by atoms with van der Waals surface area (Å²) in [6.07, 6.45) is -0.742. The van der Waals surface area contributed by atoms with Crippen LogP contribution in [-0.2, 0) is 9.47 Å². The monoisotopic (exact) mass is 203 g/mol. The molecular weight excluding hydrogens is 186 g/mol.